The third-order valence-electron chi connectivity index (χ3n) is 1.39. The molecule has 0 aliphatic rings. The molecule has 0 radical (unpaired) electrons. The molecule has 1 rings (SSSR count). The molecular formula is C9H13NO2S. The van der Waals surface area contributed by atoms with Crippen molar-refractivity contribution >= 4 is 11.3 Å². The van der Waals surface area contributed by atoms with Crippen LogP contribution >= 0.6 is 0 Å². The summed E-state index contributed by atoms with van der Waals surface area (Å²) in [5.74, 6) is 0.615. The molecule has 72 valence electrons. The summed E-state index contributed by atoms with van der Waals surface area (Å²) in [6, 6.07) is 9.10. The zero-order valence-corrected chi connectivity index (χ0v) is 8.34. The van der Waals surface area contributed by atoms with Crippen LogP contribution in [-0.4, -0.2) is 10.8 Å². The monoisotopic (exact) mass is 199 g/mol. The van der Waals surface area contributed by atoms with Gasteiger partial charge < -0.3 is 4.18 Å². The Hall–Kier alpha value is -0.870. The number of hydrogen-bond acceptors (Lipinski definition) is 2. The lowest BCUT2D eigenvalue weighted by Crippen LogP contribution is -2.22. The molecule has 0 spiro atoms. The first-order valence-electron chi connectivity index (χ1n) is 4.21. The van der Waals surface area contributed by atoms with E-state index >= 15 is 0 Å². The van der Waals surface area contributed by atoms with Gasteiger partial charge in [-0.1, -0.05) is 25.1 Å². The lowest BCUT2D eigenvalue weighted by atomic mass is 10.3. The van der Waals surface area contributed by atoms with Gasteiger partial charge in [-0.25, -0.2) is 4.72 Å². The van der Waals surface area contributed by atoms with Crippen LogP contribution in [0.5, 0.6) is 5.75 Å². The number of benzene rings is 1. The van der Waals surface area contributed by atoms with Gasteiger partial charge in [0.15, 0.2) is 0 Å². The molecule has 0 saturated heterocycles. The van der Waals surface area contributed by atoms with Crippen molar-refractivity contribution < 1.29 is 8.39 Å². The number of para-hydroxylation sites is 1. The van der Waals surface area contributed by atoms with E-state index in [4.69, 9.17) is 4.18 Å². The Morgan fingerprint density at radius 2 is 2.08 bits per heavy atom. The van der Waals surface area contributed by atoms with Crippen molar-refractivity contribution in [1.29, 1.82) is 0 Å². The van der Waals surface area contributed by atoms with E-state index in [0.717, 1.165) is 6.42 Å². The number of rotatable bonds is 5. The largest absolute Gasteiger partial charge is 0.389 e. The van der Waals surface area contributed by atoms with E-state index in [1.54, 1.807) is 12.1 Å². The van der Waals surface area contributed by atoms with E-state index in [9.17, 15) is 4.21 Å². The van der Waals surface area contributed by atoms with Crippen molar-refractivity contribution in [3.8, 4) is 5.75 Å². The molecule has 1 aromatic rings. The SMILES string of the molecule is CCCNS(=O)Oc1ccccc1. The molecule has 0 fully saturated rings. The second kappa shape index (κ2) is 5.72. The fourth-order valence-corrected chi connectivity index (χ4v) is 1.49. The molecule has 1 N–H and O–H groups in total. The summed E-state index contributed by atoms with van der Waals surface area (Å²) >= 11 is -1.42. The van der Waals surface area contributed by atoms with Crippen molar-refractivity contribution in [2.75, 3.05) is 6.54 Å². The van der Waals surface area contributed by atoms with Gasteiger partial charge in [0.25, 0.3) is 11.3 Å². The van der Waals surface area contributed by atoms with Crippen LogP contribution in [0.3, 0.4) is 0 Å². The second-order valence-corrected chi connectivity index (χ2v) is 3.45. The molecule has 1 aromatic carbocycles. The third-order valence-corrected chi connectivity index (χ3v) is 2.17. The molecular weight excluding hydrogens is 186 g/mol. The highest BCUT2D eigenvalue weighted by Gasteiger charge is 1.99. The minimum absolute atomic E-state index is 0.615. The van der Waals surface area contributed by atoms with Crippen LogP contribution in [0.2, 0.25) is 0 Å². The van der Waals surface area contributed by atoms with Crippen molar-refractivity contribution in [1.82, 2.24) is 4.72 Å². The molecule has 1 unspecified atom stereocenters. The molecule has 0 aliphatic heterocycles. The Morgan fingerprint density at radius 3 is 2.69 bits per heavy atom. The lowest BCUT2D eigenvalue weighted by molar-refractivity contribution is 0.547. The van der Waals surface area contributed by atoms with Gasteiger partial charge >= 0.3 is 0 Å². The normalized spacial score (nSPS) is 12.4. The van der Waals surface area contributed by atoms with Crippen LogP contribution < -0.4 is 8.91 Å². The summed E-state index contributed by atoms with van der Waals surface area (Å²) in [5, 5.41) is 0. The zero-order valence-electron chi connectivity index (χ0n) is 7.53. The van der Waals surface area contributed by atoms with Gasteiger partial charge in [0.2, 0.25) is 0 Å². The average Bonchev–Trinajstić information content (AvgIpc) is 2.16. The number of hydrogen-bond donors (Lipinski definition) is 1. The van der Waals surface area contributed by atoms with E-state index in [0.29, 0.717) is 12.3 Å². The molecule has 0 amide bonds. The third kappa shape index (κ3) is 4.05. The smallest absolute Gasteiger partial charge is 0.287 e. The maximum absolute atomic E-state index is 11.1. The zero-order chi connectivity index (χ0) is 9.52. The van der Waals surface area contributed by atoms with E-state index in [-0.39, 0.29) is 0 Å². The summed E-state index contributed by atoms with van der Waals surface area (Å²) < 4.78 is 19.0. The van der Waals surface area contributed by atoms with Crippen LogP contribution in [0.25, 0.3) is 0 Å². The summed E-state index contributed by atoms with van der Waals surface area (Å²) in [6.07, 6.45) is 0.934. The molecule has 0 saturated carbocycles. The van der Waals surface area contributed by atoms with Crippen molar-refractivity contribution in [3.05, 3.63) is 30.3 Å². The van der Waals surface area contributed by atoms with Crippen molar-refractivity contribution in [2.45, 2.75) is 13.3 Å². The predicted molar refractivity (Wildman–Crippen MR) is 53.5 cm³/mol. The summed E-state index contributed by atoms with van der Waals surface area (Å²) in [6.45, 7) is 2.70. The summed E-state index contributed by atoms with van der Waals surface area (Å²) in [7, 11) is 0. The van der Waals surface area contributed by atoms with Gasteiger partial charge in [-0.15, -0.1) is 0 Å². The lowest BCUT2D eigenvalue weighted by Gasteiger charge is -2.03. The van der Waals surface area contributed by atoms with E-state index in [2.05, 4.69) is 4.72 Å². The van der Waals surface area contributed by atoms with Crippen LogP contribution in [0.1, 0.15) is 13.3 Å². The van der Waals surface area contributed by atoms with Crippen LogP contribution in [0.15, 0.2) is 30.3 Å². The summed E-state index contributed by atoms with van der Waals surface area (Å²) in [4.78, 5) is 0. The summed E-state index contributed by atoms with van der Waals surface area (Å²) in [5.41, 5.74) is 0. The first-order valence-corrected chi connectivity index (χ1v) is 5.29. The highest BCUT2D eigenvalue weighted by molar-refractivity contribution is 7.78. The molecule has 0 heterocycles. The topological polar surface area (TPSA) is 38.3 Å². The highest BCUT2D eigenvalue weighted by Crippen LogP contribution is 2.08. The predicted octanol–water partition coefficient (Wildman–Crippen LogP) is 1.64. The Balaban J connectivity index is 2.37. The molecule has 0 aromatic heterocycles. The molecule has 0 bridgehead atoms. The fraction of sp³-hybridized carbons (Fsp3) is 0.333. The first-order chi connectivity index (χ1) is 6.33. The van der Waals surface area contributed by atoms with E-state index < -0.39 is 11.3 Å². The maximum atomic E-state index is 11.1. The fourth-order valence-electron chi connectivity index (χ4n) is 0.778. The van der Waals surface area contributed by atoms with Crippen molar-refractivity contribution in [2.24, 2.45) is 0 Å². The van der Waals surface area contributed by atoms with Gasteiger partial charge in [-0.05, 0) is 18.6 Å². The average molecular weight is 199 g/mol. The maximum Gasteiger partial charge on any atom is 0.287 e. The quantitative estimate of drug-likeness (QED) is 0.783. The minimum atomic E-state index is -1.42. The van der Waals surface area contributed by atoms with Gasteiger partial charge in [-0.3, -0.25) is 0 Å². The Kier molecular flexibility index (Phi) is 4.49. The molecule has 1 atom stereocenters. The van der Waals surface area contributed by atoms with Gasteiger partial charge in [0.05, 0.1) is 0 Å². The molecule has 0 aliphatic carbocycles. The van der Waals surface area contributed by atoms with Crippen LogP contribution in [0.4, 0.5) is 0 Å². The standard InChI is InChI=1S/C9H13NO2S/c1-2-8-10-13(11)12-9-6-4-3-5-7-9/h3-7,10H,2,8H2,1H3. The molecule has 3 nitrogen and oxygen atoms in total. The minimum Gasteiger partial charge on any atom is -0.389 e. The van der Waals surface area contributed by atoms with Gasteiger partial charge in [-0.2, -0.15) is 4.21 Å². The Labute approximate surface area is 80.9 Å². The molecule has 13 heavy (non-hydrogen) atoms. The molecule has 4 heteroatoms. The van der Waals surface area contributed by atoms with E-state index in [1.807, 2.05) is 25.1 Å². The van der Waals surface area contributed by atoms with Crippen LogP contribution in [-0.2, 0) is 11.3 Å². The second-order valence-electron chi connectivity index (χ2n) is 2.53. The number of nitrogens with one attached hydrogen (secondary N) is 1. The highest BCUT2D eigenvalue weighted by atomic mass is 32.2. The first kappa shape index (κ1) is 10.2. The van der Waals surface area contributed by atoms with Gasteiger partial charge in [0, 0.05) is 6.54 Å². The van der Waals surface area contributed by atoms with Crippen molar-refractivity contribution in [3.63, 3.8) is 0 Å². The van der Waals surface area contributed by atoms with E-state index in [1.165, 1.54) is 0 Å². The Morgan fingerprint density at radius 1 is 1.38 bits per heavy atom. The van der Waals surface area contributed by atoms with Crippen LogP contribution in [0, 0.1) is 0 Å². The van der Waals surface area contributed by atoms with Gasteiger partial charge in [0.1, 0.15) is 5.75 Å². The Bertz CT molecular complexity index is 264.